The van der Waals surface area contributed by atoms with E-state index in [1.807, 2.05) is 26.8 Å². The predicted octanol–water partition coefficient (Wildman–Crippen LogP) is 4.39. The Morgan fingerprint density at radius 1 is 1.18 bits per heavy atom. The largest absolute Gasteiger partial charge is 0.259 e. The Bertz CT molecular complexity index is 815. The molecule has 8 heteroatoms. The lowest BCUT2D eigenvalue weighted by molar-refractivity contribution is 0.572. The van der Waals surface area contributed by atoms with Crippen LogP contribution in [0.2, 0.25) is 0 Å². The van der Waals surface area contributed by atoms with Crippen molar-refractivity contribution >= 4 is 61.0 Å². The van der Waals surface area contributed by atoms with Gasteiger partial charge in [-0.05, 0) is 37.9 Å². The van der Waals surface area contributed by atoms with Gasteiger partial charge in [-0.25, -0.2) is 15.0 Å². The molecule has 0 saturated carbocycles. The highest BCUT2D eigenvalue weighted by atomic mass is 79.9. The summed E-state index contributed by atoms with van der Waals surface area (Å²) in [5.41, 5.74) is -0.0263. The van der Waals surface area contributed by atoms with E-state index in [2.05, 4.69) is 52.9 Å². The summed E-state index contributed by atoms with van der Waals surface area (Å²) in [6.45, 7) is 6.05. The Balaban J connectivity index is 2.35. The molecule has 0 fully saturated rings. The topological polar surface area (TPSA) is 64.1 Å². The van der Waals surface area contributed by atoms with Gasteiger partial charge in [0.2, 0.25) is 0 Å². The van der Waals surface area contributed by atoms with Crippen molar-refractivity contribution in [1.82, 2.24) is 4.90 Å². The van der Waals surface area contributed by atoms with Gasteiger partial charge in [-0.3, -0.25) is 4.90 Å². The van der Waals surface area contributed by atoms with Crippen LogP contribution in [0.5, 0.6) is 0 Å². The number of hydrogen-bond donors (Lipinski definition) is 0. The van der Waals surface area contributed by atoms with Gasteiger partial charge in [0.15, 0.2) is 22.6 Å². The van der Waals surface area contributed by atoms with Crippen LogP contribution in [0.4, 0.5) is 0 Å². The van der Waals surface area contributed by atoms with Crippen LogP contribution in [0, 0.1) is 16.7 Å². The van der Waals surface area contributed by atoms with Crippen molar-refractivity contribution in [1.29, 1.82) is 5.26 Å². The molecular formula is C14H10Br2ClN5. The second-order valence-electron chi connectivity index (χ2n) is 5.83. The number of aliphatic imine (C=N–C) groups is 3. The van der Waals surface area contributed by atoms with E-state index in [-0.39, 0.29) is 16.1 Å². The van der Waals surface area contributed by atoms with Crippen LogP contribution < -0.4 is 0 Å². The van der Waals surface area contributed by atoms with E-state index in [1.54, 1.807) is 4.90 Å². The first kappa shape index (κ1) is 15.7. The van der Waals surface area contributed by atoms with Crippen molar-refractivity contribution in [2.75, 3.05) is 0 Å². The maximum atomic E-state index is 9.42. The van der Waals surface area contributed by atoms with E-state index in [0.29, 0.717) is 23.3 Å². The second-order valence-corrected chi connectivity index (χ2v) is 7.90. The third kappa shape index (κ3) is 2.30. The molecule has 22 heavy (non-hydrogen) atoms. The molecule has 5 nitrogen and oxygen atoms in total. The zero-order valence-electron chi connectivity index (χ0n) is 11.9. The molecule has 0 unspecified atom stereocenters. The highest BCUT2D eigenvalue weighted by molar-refractivity contribution is 9.12. The van der Waals surface area contributed by atoms with E-state index in [9.17, 15) is 5.26 Å². The summed E-state index contributed by atoms with van der Waals surface area (Å²) in [5.74, 6) is 2.30. The summed E-state index contributed by atoms with van der Waals surface area (Å²) >= 11 is 13.1. The number of rotatable bonds is 0. The number of nitrogens with zero attached hydrogens (tertiary/aromatic N) is 5. The highest BCUT2D eigenvalue weighted by Gasteiger charge is 2.39. The van der Waals surface area contributed by atoms with Crippen molar-refractivity contribution in [3.63, 3.8) is 0 Å². The van der Waals surface area contributed by atoms with Gasteiger partial charge in [0, 0.05) is 5.41 Å². The fourth-order valence-electron chi connectivity index (χ4n) is 2.08. The molecule has 112 valence electrons. The fourth-order valence-corrected chi connectivity index (χ4v) is 3.58. The van der Waals surface area contributed by atoms with Crippen LogP contribution in [0.3, 0.4) is 0 Å². The minimum atomic E-state index is -0.264. The predicted molar refractivity (Wildman–Crippen MR) is 95.1 cm³/mol. The first-order chi connectivity index (χ1) is 10.2. The van der Waals surface area contributed by atoms with Gasteiger partial charge >= 0.3 is 0 Å². The summed E-state index contributed by atoms with van der Waals surface area (Å²) in [4.78, 5) is 15.2. The van der Waals surface area contributed by atoms with Crippen LogP contribution in [0.1, 0.15) is 20.8 Å². The number of hydrogen-bond acceptors (Lipinski definition) is 5. The van der Waals surface area contributed by atoms with Crippen LogP contribution in [-0.2, 0) is 0 Å². The first-order valence-electron chi connectivity index (χ1n) is 6.38. The van der Waals surface area contributed by atoms with E-state index in [0.717, 1.165) is 8.96 Å². The molecular weight excluding hydrogens is 433 g/mol. The summed E-state index contributed by atoms with van der Waals surface area (Å²) in [5, 5.41) is 9.55. The third-order valence-electron chi connectivity index (χ3n) is 3.16. The number of amidine groups is 3. The minimum absolute atomic E-state index is 0.130. The molecule has 3 rings (SSSR count). The molecule has 0 N–H and O–H groups in total. The Morgan fingerprint density at radius 3 is 2.45 bits per heavy atom. The summed E-state index contributed by atoms with van der Waals surface area (Å²) < 4.78 is 1.52. The standard InChI is InChI=1S/C14H10Br2ClN5/c1-14(2,3)13-20-10-6(5-18)9(17)19-11-7(15)4-8(16)12(21-13)22(10)11/h4H,1-3H3. The smallest absolute Gasteiger partial charge is 0.163 e. The first-order valence-corrected chi connectivity index (χ1v) is 8.34. The second kappa shape index (κ2) is 5.15. The Hall–Kier alpha value is -1.23. The molecule has 3 heterocycles. The molecule has 0 aromatic heterocycles. The lowest BCUT2D eigenvalue weighted by atomic mass is 9.94. The van der Waals surface area contributed by atoms with Crippen LogP contribution in [0.15, 0.2) is 46.6 Å². The van der Waals surface area contributed by atoms with E-state index < -0.39 is 0 Å². The van der Waals surface area contributed by atoms with E-state index in [4.69, 9.17) is 11.6 Å². The Morgan fingerprint density at radius 2 is 1.86 bits per heavy atom. The maximum absolute atomic E-state index is 9.42. The quantitative estimate of drug-likeness (QED) is 0.522. The monoisotopic (exact) mass is 441 g/mol. The average molecular weight is 444 g/mol. The highest BCUT2D eigenvalue weighted by Crippen LogP contribution is 2.39. The maximum Gasteiger partial charge on any atom is 0.163 e. The fraction of sp³-hybridized carbons (Fsp3) is 0.286. The normalized spacial score (nSPS) is 20.9. The zero-order chi connectivity index (χ0) is 16.2. The van der Waals surface area contributed by atoms with Gasteiger partial charge in [0.25, 0.3) is 0 Å². The van der Waals surface area contributed by atoms with Crippen LogP contribution in [-0.4, -0.2) is 22.4 Å². The van der Waals surface area contributed by atoms with Crippen molar-refractivity contribution in [2.24, 2.45) is 20.4 Å². The summed E-state index contributed by atoms with van der Waals surface area (Å²) in [6.07, 6.45) is 1.86. The molecule has 3 aliphatic heterocycles. The summed E-state index contributed by atoms with van der Waals surface area (Å²) in [6, 6.07) is 2.08. The Labute approximate surface area is 149 Å². The van der Waals surface area contributed by atoms with Crippen LogP contribution >= 0.6 is 43.5 Å². The van der Waals surface area contributed by atoms with Gasteiger partial charge in [0.05, 0.1) is 8.96 Å². The van der Waals surface area contributed by atoms with Gasteiger partial charge < -0.3 is 0 Å². The molecule has 0 atom stereocenters. The van der Waals surface area contributed by atoms with Gasteiger partial charge in [-0.1, -0.05) is 32.4 Å². The average Bonchev–Trinajstić information content (AvgIpc) is 2.42. The van der Waals surface area contributed by atoms with Crippen molar-refractivity contribution in [3.8, 4) is 6.07 Å². The molecule has 0 aromatic carbocycles. The third-order valence-corrected chi connectivity index (χ3v) is 4.60. The van der Waals surface area contributed by atoms with E-state index in [1.165, 1.54) is 0 Å². The van der Waals surface area contributed by atoms with Crippen molar-refractivity contribution < 1.29 is 0 Å². The SMILES string of the molecule is CC(C)(C)C1=NC2=C(Br)C=C(Br)C3=NC(Cl)=C(C#N)C(=N1)N32. The molecule has 0 saturated heterocycles. The number of nitriles is 1. The minimum Gasteiger partial charge on any atom is -0.259 e. The molecule has 0 bridgehead atoms. The van der Waals surface area contributed by atoms with Gasteiger partial charge in [-0.15, -0.1) is 0 Å². The molecule has 0 spiro atoms. The lowest BCUT2D eigenvalue weighted by Gasteiger charge is -2.36. The zero-order valence-corrected chi connectivity index (χ0v) is 15.9. The molecule has 3 aliphatic rings. The molecule has 0 radical (unpaired) electrons. The van der Waals surface area contributed by atoms with Crippen molar-refractivity contribution in [3.05, 3.63) is 31.6 Å². The number of halogens is 3. The summed E-state index contributed by atoms with van der Waals surface area (Å²) in [7, 11) is 0. The van der Waals surface area contributed by atoms with Crippen molar-refractivity contribution in [2.45, 2.75) is 20.8 Å². The number of allylic oxidation sites excluding steroid dienone is 2. The van der Waals surface area contributed by atoms with E-state index >= 15 is 0 Å². The Kier molecular flexibility index (Phi) is 3.67. The molecule has 0 aliphatic carbocycles. The van der Waals surface area contributed by atoms with Crippen LogP contribution in [0.25, 0.3) is 0 Å². The molecule has 0 amide bonds. The van der Waals surface area contributed by atoms with Gasteiger partial charge in [0.1, 0.15) is 17.5 Å². The lowest BCUT2D eigenvalue weighted by Crippen LogP contribution is -2.45. The molecule has 0 aromatic rings. The van der Waals surface area contributed by atoms with Gasteiger partial charge in [-0.2, -0.15) is 5.26 Å².